The van der Waals surface area contributed by atoms with Gasteiger partial charge in [-0.15, -0.1) is 11.8 Å². The molecule has 0 bridgehead atoms. The molecule has 2 N–H and O–H groups in total. The Balaban J connectivity index is 1.80. The van der Waals surface area contributed by atoms with Crippen LogP contribution in [0.3, 0.4) is 0 Å². The fraction of sp³-hybridized carbons (Fsp3) is 0.556. The Morgan fingerprint density at radius 1 is 1.29 bits per heavy atom. The highest BCUT2D eigenvalue weighted by molar-refractivity contribution is 9.10. The number of nitrogens with one attached hydrogen (secondary N) is 2. The monoisotopic (exact) mass is 412 g/mol. The van der Waals surface area contributed by atoms with Gasteiger partial charge in [-0.3, -0.25) is 4.79 Å². The average molecular weight is 413 g/mol. The summed E-state index contributed by atoms with van der Waals surface area (Å²) < 4.78 is 1.11. The second kappa shape index (κ2) is 9.02. The lowest BCUT2D eigenvalue weighted by Gasteiger charge is -2.27. The third-order valence-electron chi connectivity index (χ3n) is 4.44. The Labute approximate surface area is 157 Å². The van der Waals surface area contributed by atoms with Crippen LogP contribution in [-0.4, -0.2) is 36.5 Å². The second-order valence-electron chi connectivity index (χ2n) is 6.68. The summed E-state index contributed by atoms with van der Waals surface area (Å²) in [5.74, 6) is 0.355. The molecular formula is C18H27BrN3OS+. The maximum absolute atomic E-state index is 12.0. The van der Waals surface area contributed by atoms with E-state index in [2.05, 4.69) is 66.3 Å². The highest BCUT2D eigenvalue weighted by atomic mass is 79.9. The van der Waals surface area contributed by atoms with Gasteiger partial charge in [0.15, 0.2) is 0 Å². The second-order valence-corrected chi connectivity index (χ2v) is 8.55. The summed E-state index contributed by atoms with van der Waals surface area (Å²) in [5, 5.41) is 4.33. The van der Waals surface area contributed by atoms with Crippen LogP contribution in [-0.2, 0) is 4.79 Å². The summed E-state index contributed by atoms with van der Waals surface area (Å²) in [7, 11) is 0. The molecule has 1 aromatic rings. The smallest absolute Gasteiger partial charge is 0.250 e. The summed E-state index contributed by atoms with van der Waals surface area (Å²) in [6, 6.07) is 4.88. The van der Waals surface area contributed by atoms with Gasteiger partial charge in [-0.1, -0.05) is 15.9 Å². The number of carbonyl (C=O) groups excluding carboxylic acids is 1. The zero-order valence-corrected chi connectivity index (χ0v) is 17.3. The lowest BCUT2D eigenvalue weighted by molar-refractivity contribution is -0.922. The van der Waals surface area contributed by atoms with Gasteiger partial charge in [0.2, 0.25) is 5.91 Å². The van der Waals surface area contributed by atoms with Crippen molar-refractivity contribution in [1.82, 2.24) is 5.43 Å². The number of rotatable bonds is 5. The number of hydrogen-bond donors (Lipinski definition) is 2. The van der Waals surface area contributed by atoms with Crippen molar-refractivity contribution in [3.8, 4) is 0 Å². The Bertz CT molecular complexity index is 621. The van der Waals surface area contributed by atoms with Gasteiger partial charge in [-0.2, -0.15) is 5.10 Å². The predicted molar refractivity (Wildman–Crippen MR) is 105 cm³/mol. The highest BCUT2D eigenvalue weighted by Crippen LogP contribution is 2.28. The van der Waals surface area contributed by atoms with Crippen molar-refractivity contribution in [3.63, 3.8) is 0 Å². The first-order chi connectivity index (χ1) is 11.4. The molecule has 6 heteroatoms. The number of nitrogens with zero attached hydrogens (tertiary/aromatic N) is 1. The number of hydrazone groups is 1. The first kappa shape index (κ1) is 19.5. The van der Waals surface area contributed by atoms with E-state index in [1.807, 2.05) is 0 Å². The largest absolute Gasteiger partial charge is 0.332 e. The zero-order chi connectivity index (χ0) is 17.7. The predicted octanol–water partition coefficient (Wildman–Crippen LogP) is 2.72. The third-order valence-corrected chi connectivity index (χ3v) is 6.45. The molecule has 0 radical (unpaired) electrons. The molecule has 0 aliphatic carbocycles. The van der Waals surface area contributed by atoms with Crippen molar-refractivity contribution >= 4 is 39.3 Å². The van der Waals surface area contributed by atoms with Crippen molar-refractivity contribution in [3.05, 3.63) is 27.7 Å². The molecule has 1 aliphatic heterocycles. The van der Waals surface area contributed by atoms with Gasteiger partial charge in [-0.25, -0.2) is 5.43 Å². The van der Waals surface area contributed by atoms with Gasteiger partial charge in [0.05, 0.1) is 24.9 Å². The molecule has 1 fully saturated rings. The van der Waals surface area contributed by atoms with Crippen molar-refractivity contribution < 1.29 is 9.69 Å². The number of thioether (sulfide) groups is 1. The van der Waals surface area contributed by atoms with E-state index in [0.29, 0.717) is 11.8 Å². The molecule has 2 rings (SSSR count). The molecule has 24 heavy (non-hydrogen) atoms. The number of carbonyl (C=O) groups is 1. The first-order valence-corrected chi connectivity index (χ1v) is 10.2. The summed E-state index contributed by atoms with van der Waals surface area (Å²) >= 11 is 5.10. The highest BCUT2D eigenvalue weighted by Gasteiger charge is 2.20. The lowest BCUT2D eigenvalue weighted by atomic mass is 10.1. The van der Waals surface area contributed by atoms with Crippen LogP contribution in [0.15, 0.2) is 26.6 Å². The molecule has 1 aliphatic rings. The number of quaternary nitrogens is 1. The normalized spacial score (nSPS) is 17.9. The topological polar surface area (TPSA) is 45.9 Å². The molecule has 0 unspecified atom stereocenters. The fourth-order valence-corrected chi connectivity index (χ4v) is 4.13. The minimum absolute atomic E-state index is 0.0360. The molecule has 1 amide bonds. The van der Waals surface area contributed by atoms with Gasteiger partial charge in [-0.05, 0) is 51.0 Å². The first-order valence-electron chi connectivity index (χ1n) is 8.45. The molecule has 0 atom stereocenters. The fourth-order valence-electron chi connectivity index (χ4n) is 2.78. The molecule has 4 nitrogen and oxygen atoms in total. The van der Waals surface area contributed by atoms with Crippen LogP contribution < -0.4 is 10.3 Å². The van der Waals surface area contributed by atoms with Gasteiger partial charge < -0.3 is 4.90 Å². The van der Waals surface area contributed by atoms with Crippen molar-refractivity contribution in [2.24, 2.45) is 5.10 Å². The van der Waals surface area contributed by atoms with Crippen LogP contribution >= 0.6 is 27.7 Å². The maximum atomic E-state index is 12.0. The number of halogens is 1. The number of benzene rings is 1. The number of likely N-dealkylation sites (tertiary alicyclic amines) is 1. The third kappa shape index (κ3) is 5.60. The van der Waals surface area contributed by atoms with E-state index in [9.17, 15) is 4.79 Å². The van der Waals surface area contributed by atoms with Crippen molar-refractivity contribution in [2.45, 2.75) is 51.5 Å². The van der Waals surface area contributed by atoms with Gasteiger partial charge in [0, 0.05) is 27.9 Å². The van der Waals surface area contributed by atoms with Crippen LogP contribution in [0.2, 0.25) is 0 Å². The SMILES string of the molecule is Cc1cc(SCC(=O)NN=C2CC[NH+](C(C)C)CC2)c(C)cc1Br. The van der Waals surface area contributed by atoms with Gasteiger partial charge >= 0.3 is 0 Å². The average Bonchev–Trinajstić information content (AvgIpc) is 2.55. The molecule has 0 spiro atoms. The summed E-state index contributed by atoms with van der Waals surface area (Å²) in [6.45, 7) is 10.8. The van der Waals surface area contributed by atoms with E-state index < -0.39 is 0 Å². The summed E-state index contributed by atoms with van der Waals surface area (Å²) in [4.78, 5) is 14.8. The molecule has 1 saturated heterocycles. The van der Waals surface area contributed by atoms with E-state index in [4.69, 9.17) is 0 Å². The molecule has 1 aromatic carbocycles. The van der Waals surface area contributed by atoms with E-state index in [1.165, 1.54) is 11.1 Å². The van der Waals surface area contributed by atoms with E-state index >= 15 is 0 Å². The summed E-state index contributed by atoms with van der Waals surface area (Å²) in [5.41, 5.74) is 6.21. The zero-order valence-electron chi connectivity index (χ0n) is 14.9. The molecule has 1 heterocycles. The summed E-state index contributed by atoms with van der Waals surface area (Å²) in [6.07, 6.45) is 1.96. The minimum Gasteiger partial charge on any atom is -0.332 e. The van der Waals surface area contributed by atoms with Crippen molar-refractivity contribution in [2.75, 3.05) is 18.8 Å². The Morgan fingerprint density at radius 3 is 2.58 bits per heavy atom. The molecule has 0 aromatic heterocycles. The molecule has 0 saturated carbocycles. The van der Waals surface area contributed by atoms with Gasteiger partial charge in [0.1, 0.15) is 0 Å². The number of amides is 1. The van der Waals surface area contributed by atoms with Crippen LogP contribution in [0, 0.1) is 13.8 Å². The maximum Gasteiger partial charge on any atom is 0.250 e. The number of aryl methyl sites for hydroxylation is 2. The van der Waals surface area contributed by atoms with Crippen LogP contribution in [0.5, 0.6) is 0 Å². The lowest BCUT2D eigenvalue weighted by Crippen LogP contribution is -3.16. The minimum atomic E-state index is -0.0360. The quantitative estimate of drug-likeness (QED) is 0.576. The number of piperidine rings is 1. The van der Waals surface area contributed by atoms with Gasteiger partial charge in [0.25, 0.3) is 0 Å². The Kier molecular flexibility index (Phi) is 7.32. The Morgan fingerprint density at radius 2 is 1.96 bits per heavy atom. The van der Waals surface area contributed by atoms with E-state index in [-0.39, 0.29) is 5.91 Å². The molecule has 132 valence electrons. The van der Waals surface area contributed by atoms with Crippen LogP contribution in [0.4, 0.5) is 0 Å². The number of hydrogen-bond acceptors (Lipinski definition) is 3. The van der Waals surface area contributed by atoms with E-state index in [0.717, 1.165) is 41.0 Å². The van der Waals surface area contributed by atoms with Crippen LogP contribution in [0.25, 0.3) is 0 Å². The standard InChI is InChI=1S/C18H26BrN3OS/c1-12(2)22-7-5-15(6-8-22)20-21-18(23)11-24-17-10-13(3)16(19)9-14(17)4/h9-10,12H,5-8,11H2,1-4H3,(H,21,23)/p+1. The van der Waals surface area contributed by atoms with Crippen LogP contribution in [0.1, 0.15) is 37.8 Å². The van der Waals surface area contributed by atoms with E-state index in [1.54, 1.807) is 16.7 Å². The van der Waals surface area contributed by atoms with Crippen molar-refractivity contribution in [1.29, 1.82) is 0 Å². The Hall–Kier alpha value is -0.850. The molecular weight excluding hydrogens is 386 g/mol.